The Kier molecular flexibility index (Phi) is 7.37. The lowest BCUT2D eigenvalue weighted by molar-refractivity contribution is -0.133. The molecule has 0 fully saturated rings. The third-order valence-electron chi connectivity index (χ3n) is 4.18. The van der Waals surface area contributed by atoms with Crippen LogP contribution in [0.25, 0.3) is 0 Å². The maximum atomic E-state index is 12.2. The maximum absolute atomic E-state index is 12.2. The van der Waals surface area contributed by atoms with Gasteiger partial charge in [0.2, 0.25) is 0 Å². The SMILES string of the molecule is C=C(C)CN(CC)C(=O)COC(=O)c1ccc(OCc2c(C)noc2C)cc1. The Balaban J connectivity index is 1.87. The summed E-state index contributed by atoms with van der Waals surface area (Å²) in [6.07, 6.45) is 0. The second kappa shape index (κ2) is 9.73. The smallest absolute Gasteiger partial charge is 0.338 e. The normalized spacial score (nSPS) is 10.4. The van der Waals surface area contributed by atoms with Crippen molar-refractivity contribution in [3.8, 4) is 5.75 Å². The third-order valence-corrected chi connectivity index (χ3v) is 4.18. The molecule has 0 spiro atoms. The Hall–Kier alpha value is -3.09. The van der Waals surface area contributed by atoms with Crippen molar-refractivity contribution in [1.82, 2.24) is 10.1 Å². The summed E-state index contributed by atoms with van der Waals surface area (Å²) < 4.78 is 15.9. The van der Waals surface area contributed by atoms with E-state index in [0.29, 0.717) is 31.0 Å². The van der Waals surface area contributed by atoms with Gasteiger partial charge in [0.25, 0.3) is 5.91 Å². The van der Waals surface area contributed by atoms with Crippen LogP contribution in [-0.4, -0.2) is 41.6 Å². The van der Waals surface area contributed by atoms with Crippen LogP contribution in [0, 0.1) is 13.8 Å². The van der Waals surface area contributed by atoms with Gasteiger partial charge in [0.05, 0.1) is 16.8 Å². The summed E-state index contributed by atoms with van der Waals surface area (Å²) in [7, 11) is 0. The molecule has 2 aromatic rings. The number of likely N-dealkylation sites (N-methyl/N-ethyl adjacent to an activating group) is 1. The van der Waals surface area contributed by atoms with E-state index in [1.54, 1.807) is 29.2 Å². The largest absolute Gasteiger partial charge is 0.489 e. The molecule has 0 aliphatic carbocycles. The zero-order chi connectivity index (χ0) is 20.7. The molecule has 0 atom stereocenters. The van der Waals surface area contributed by atoms with Gasteiger partial charge in [-0.2, -0.15) is 0 Å². The highest BCUT2D eigenvalue weighted by molar-refractivity contribution is 5.91. The first-order valence-electron chi connectivity index (χ1n) is 9.05. The maximum Gasteiger partial charge on any atom is 0.338 e. The molecular weight excluding hydrogens is 360 g/mol. The first kappa shape index (κ1) is 21.2. The molecule has 28 heavy (non-hydrogen) atoms. The van der Waals surface area contributed by atoms with Crippen molar-refractivity contribution in [1.29, 1.82) is 0 Å². The van der Waals surface area contributed by atoms with Crippen molar-refractivity contribution in [2.45, 2.75) is 34.3 Å². The van der Waals surface area contributed by atoms with E-state index in [9.17, 15) is 9.59 Å². The lowest BCUT2D eigenvalue weighted by Gasteiger charge is -2.20. The summed E-state index contributed by atoms with van der Waals surface area (Å²) >= 11 is 0. The van der Waals surface area contributed by atoms with E-state index in [-0.39, 0.29) is 12.5 Å². The number of amides is 1. The number of benzene rings is 1. The monoisotopic (exact) mass is 386 g/mol. The van der Waals surface area contributed by atoms with Crippen molar-refractivity contribution in [3.05, 3.63) is 59.0 Å². The minimum atomic E-state index is -0.558. The summed E-state index contributed by atoms with van der Waals surface area (Å²) in [6, 6.07) is 6.55. The lowest BCUT2D eigenvalue weighted by atomic mass is 10.2. The molecule has 0 aliphatic rings. The molecule has 0 radical (unpaired) electrons. The van der Waals surface area contributed by atoms with Gasteiger partial charge in [0, 0.05) is 13.1 Å². The van der Waals surface area contributed by atoms with Gasteiger partial charge in [-0.15, -0.1) is 0 Å². The van der Waals surface area contributed by atoms with Gasteiger partial charge in [-0.1, -0.05) is 17.3 Å². The third kappa shape index (κ3) is 5.70. The molecule has 1 aromatic heterocycles. The second-order valence-corrected chi connectivity index (χ2v) is 6.56. The summed E-state index contributed by atoms with van der Waals surface area (Å²) in [5, 5.41) is 3.88. The number of nitrogens with zero attached hydrogens (tertiary/aromatic N) is 2. The lowest BCUT2D eigenvalue weighted by Crippen LogP contribution is -2.35. The Labute approximate surface area is 164 Å². The predicted molar refractivity (Wildman–Crippen MR) is 104 cm³/mol. The first-order valence-corrected chi connectivity index (χ1v) is 9.05. The number of ether oxygens (including phenoxy) is 2. The molecule has 0 saturated carbocycles. The standard InChI is InChI=1S/C21H26N2O5/c1-6-23(11-14(2)3)20(24)13-27-21(25)17-7-9-18(10-8-17)26-12-19-15(4)22-28-16(19)5/h7-10H,2,6,11-13H2,1,3-5H3. The number of aryl methyl sites for hydroxylation is 2. The zero-order valence-electron chi connectivity index (χ0n) is 16.8. The molecule has 1 heterocycles. The summed E-state index contributed by atoms with van der Waals surface area (Å²) in [4.78, 5) is 25.9. The number of carbonyl (C=O) groups is 2. The Morgan fingerprint density at radius 3 is 2.43 bits per heavy atom. The number of esters is 1. The van der Waals surface area contributed by atoms with Crippen molar-refractivity contribution >= 4 is 11.9 Å². The molecule has 7 nitrogen and oxygen atoms in total. The van der Waals surface area contributed by atoms with Gasteiger partial charge in [-0.3, -0.25) is 4.79 Å². The minimum absolute atomic E-state index is 0.252. The Bertz CT molecular complexity index is 819. The van der Waals surface area contributed by atoms with Gasteiger partial charge >= 0.3 is 5.97 Å². The van der Waals surface area contributed by atoms with Crippen LogP contribution in [0.15, 0.2) is 40.9 Å². The summed E-state index contributed by atoms with van der Waals surface area (Å²) in [5.74, 6) is 0.511. The molecule has 0 bridgehead atoms. The van der Waals surface area contributed by atoms with E-state index in [0.717, 1.165) is 22.6 Å². The fraction of sp³-hybridized carbons (Fsp3) is 0.381. The molecule has 0 N–H and O–H groups in total. The Morgan fingerprint density at radius 1 is 1.21 bits per heavy atom. The highest BCUT2D eigenvalue weighted by atomic mass is 16.5. The molecule has 150 valence electrons. The minimum Gasteiger partial charge on any atom is -0.489 e. The highest BCUT2D eigenvalue weighted by Gasteiger charge is 2.15. The number of carbonyl (C=O) groups excluding carboxylic acids is 2. The summed E-state index contributed by atoms with van der Waals surface area (Å²) in [6.45, 7) is 12.2. The Morgan fingerprint density at radius 2 is 1.89 bits per heavy atom. The summed E-state index contributed by atoms with van der Waals surface area (Å²) in [5.41, 5.74) is 2.90. The number of aromatic nitrogens is 1. The van der Waals surface area contributed by atoms with Crippen LogP contribution < -0.4 is 4.74 Å². The van der Waals surface area contributed by atoms with Gasteiger partial charge in [0.15, 0.2) is 6.61 Å². The molecule has 2 rings (SSSR count). The molecule has 1 aromatic carbocycles. The zero-order valence-corrected chi connectivity index (χ0v) is 16.8. The second-order valence-electron chi connectivity index (χ2n) is 6.56. The van der Waals surface area contributed by atoms with Gasteiger partial charge in [-0.05, 0) is 52.0 Å². The quantitative estimate of drug-likeness (QED) is 0.485. The van der Waals surface area contributed by atoms with Crippen LogP contribution >= 0.6 is 0 Å². The van der Waals surface area contributed by atoms with Crippen LogP contribution in [0.5, 0.6) is 5.75 Å². The van der Waals surface area contributed by atoms with E-state index >= 15 is 0 Å². The van der Waals surface area contributed by atoms with Crippen LogP contribution in [0.3, 0.4) is 0 Å². The van der Waals surface area contributed by atoms with Crippen molar-refractivity contribution in [3.63, 3.8) is 0 Å². The van der Waals surface area contributed by atoms with Crippen LogP contribution in [0.2, 0.25) is 0 Å². The highest BCUT2D eigenvalue weighted by Crippen LogP contribution is 2.18. The van der Waals surface area contributed by atoms with Crippen LogP contribution in [0.1, 0.15) is 41.2 Å². The van der Waals surface area contributed by atoms with Crippen molar-refractivity contribution < 1.29 is 23.6 Å². The average molecular weight is 386 g/mol. The van der Waals surface area contributed by atoms with Gasteiger partial charge < -0.3 is 18.9 Å². The molecule has 0 aliphatic heterocycles. The van der Waals surface area contributed by atoms with Gasteiger partial charge in [0.1, 0.15) is 18.1 Å². The topological polar surface area (TPSA) is 81.9 Å². The average Bonchev–Trinajstić information content (AvgIpc) is 3.00. The van der Waals surface area contributed by atoms with E-state index in [1.807, 2.05) is 27.7 Å². The number of rotatable bonds is 9. The molecule has 0 saturated heterocycles. The molecule has 0 unspecified atom stereocenters. The molecular formula is C21H26N2O5. The molecule has 1 amide bonds. The van der Waals surface area contributed by atoms with Crippen molar-refractivity contribution in [2.24, 2.45) is 0 Å². The predicted octanol–water partition coefficient (Wildman–Crippen LogP) is 3.45. The van der Waals surface area contributed by atoms with E-state index in [2.05, 4.69) is 11.7 Å². The van der Waals surface area contributed by atoms with Crippen molar-refractivity contribution in [2.75, 3.05) is 19.7 Å². The van der Waals surface area contributed by atoms with E-state index in [4.69, 9.17) is 14.0 Å². The first-order chi connectivity index (χ1) is 13.3. The number of hydrogen-bond donors (Lipinski definition) is 0. The van der Waals surface area contributed by atoms with Gasteiger partial charge in [-0.25, -0.2) is 4.79 Å². The van der Waals surface area contributed by atoms with E-state index in [1.165, 1.54) is 0 Å². The number of hydrogen-bond acceptors (Lipinski definition) is 6. The fourth-order valence-corrected chi connectivity index (χ4v) is 2.55. The van der Waals surface area contributed by atoms with Crippen LogP contribution in [-0.2, 0) is 16.1 Å². The van der Waals surface area contributed by atoms with Crippen LogP contribution in [0.4, 0.5) is 0 Å². The molecule has 7 heteroatoms. The fourth-order valence-electron chi connectivity index (χ4n) is 2.55. The van der Waals surface area contributed by atoms with E-state index < -0.39 is 5.97 Å².